The molecule has 0 aliphatic carbocycles. The lowest BCUT2D eigenvalue weighted by Gasteiger charge is -2.24. The molecule has 0 aliphatic heterocycles. The number of halogens is 1. The number of nitriles is 1. The molecule has 4 nitrogen and oxygen atoms in total. The van der Waals surface area contributed by atoms with Gasteiger partial charge in [0.25, 0.3) is 0 Å². The lowest BCUT2D eigenvalue weighted by molar-refractivity contribution is -0.135. The standard InChI is InChI=1S/C12H13ClN2O2/c1-2-6-15(8-11(16)17)12-9(7-14)4-3-5-10(12)13/h3-5H,2,6,8H2,1H3,(H,16,17). The van der Waals surface area contributed by atoms with Crippen LogP contribution in [0.3, 0.4) is 0 Å². The van der Waals surface area contributed by atoms with Crippen LogP contribution in [0.2, 0.25) is 5.02 Å². The summed E-state index contributed by atoms with van der Waals surface area (Å²) < 4.78 is 0. The summed E-state index contributed by atoms with van der Waals surface area (Å²) in [5.74, 6) is -0.942. The van der Waals surface area contributed by atoms with Crippen LogP contribution in [0.5, 0.6) is 0 Å². The van der Waals surface area contributed by atoms with Crippen molar-refractivity contribution in [3.63, 3.8) is 0 Å². The van der Waals surface area contributed by atoms with Gasteiger partial charge in [-0.05, 0) is 18.6 Å². The summed E-state index contributed by atoms with van der Waals surface area (Å²) in [4.78, 5) is 12.4. The van der Waals surface area contributed by atoms with Gasteiger partial charge in [0.1, 0.15) is 12.6 Å². The molecular weight excluding hydrogens is 240 g/mol. The van der Waals surface area contributed by atoms with Gasteiger partial charge in [0.2, 0.25) is 0 Å². The van der Waals surface area contributed by atoms with Crippen molar-refractivity contribution in [1.82, 2.24) is 0 Å². The van der Waals surface area contributed by atoms with Crippen molar-refractivity contribution in [3.8, 4) is 6.07 Å². The van der Waals surface area contributed by atoms with Crippen LogP contribution >= 0.6 is 11.6 Å². The van der Waals surface area contributed by atoms with Gasteiger partial charge in [-0.2, -0.15) is 5.26 Å². The summed E-state index contributed by atoms with van der Waals surface area (Å²) in [5.41, 5.74) is 0.896. The van der Waals surface area contributed by atoms with E-state index in [1.165, 1.54) is 0 Å². The van der Waals surface area contributed by atoms with Crippen molar-refractivity contribution in [3.05, 3.63) is 28.8 Å². The van der Waals surface area contributed by atoms with E-state index >= 15 is 0 Å². The number of nitrogens with zero attached hydrogens (tertiary/aromatic N) is 2. The first-order valence-electron chi connectivity index (χ1n) is 5.25. The molecule has 0 heterocycles. The van der Waals surface area contributed by atoms with Gasteiger partial charge in [-0.25, -0.2) is 0 Å². The number of carboxylic acid groups (broad SMARTS) is 1. The fourth-order valence-corrected chi connectivity index (χ4v) is 1.92. The Morgan fingerprint density at radius 2 is 2.29 bits per heavy atom. The van der Waals surface area contributed by atoms with Crippen molar-refractivity contribution in [1.29, 1.82) is 5.26 Å². The number of rotatable bonds is 5. The maximum absolute atomic E-state index is 10.8. The molecule has 90 valence electrons. The third-order valence-corrected chi connectivity index (χ3v) is 2.55. The Kier molecular flexibility index (Phi) is 4.80. The van der Waals surface area contributed by atoms with Crippen LogP contribution in [0.25, 0.3) is 0 Å². The quantitative estimate of drug-likeness (QED) is 0.875. The smallest absolute Gasteiger partial charge is 0.323 e. The normalized spacial score (nSPS) is 9.71. The summed E-state index contributed by atoms with van der Waals surface area (Å²) >= 11 is 6.04. The van der Waals surface area contributed by atoms with E-state index in [-0.39, 0.29) is 6.54 Å². The van der Waals surface area contributed by atoms with E-state index in [1.807, 2.05) is 13.0 Å². The topological polar surface area (TPSA) is 64.3 Å². The van der Waals surface area contributed by atoms with Gasteiger partial charge in [0.15, 0.2) is 0 Å². The number of aliphatic carboxylic acids is 1. The number of hydrogen-bond donors (Lipinski definition) is 1. The molecule has 17 heavy (non-hydrogen) atoms. The molecule has 0 atom stereocenters. The van der Waals surface area contributed by atoms with Crippen molar-refractivity contribution >= 4 is 23.3 Å². The largest absolute Gasteiger partial charge is 0.480 e. The molecule has 0 amide bonds. The number of anilines is 1. The monoisotopic (exact) mass is 252 g/mol. The minimum atomic E-state index is -0.942. The fourth-order valence-electron chi connectivity index (χ4n) is 1.63. The Morgan fingerprint density at radius 1 is 1.59 bits per heavy atom. The lowest BCUT2D eigenvalue weighted by atomic mass is 10.1. The molecule has 0 saturated carbocycles. The first kappa shape index (κ1) is 13.3. The van der Waals surface area contributed by atoms with Crippen molar-refractivity contribution in [2.45, 2.75) is 13.3 Å². The van der Waals surface area contributed by atoms with E-state index in [1.54, 1.807) is 23.1 Å². The van der Waals surface area contributed by atoms with Gasteiger partial charge in [-0.15, -0.1) is 0 Å². The Morgan fingerprint density at radius 3 is 2.82 bits per heavy atom. The summed E-state index contributed by atoms with van der Waals surface area (Å²) in [6, 6.07) is 6.99. The number of carboxylic acids is 1. The van der Waals surface area contributed by atoms with Gasteiger partial charge in [0, 0.05) is 6.54 Å². The second-order valence-corrected chi connectivity index (χ2v) is 3.97. The Labute approximate surface area is 105 Å². The highest BCUT2D eigenvalue weighted by atomic mass is 35.5. The zero-order chi connectivity index (χ0) is 12.8. The van der Waals surface area contributed by atoms with E-state index in [9.17, 15) is 4.79 Å². The number of hydrogen-bond acceptors (Lipinski definition) is 3. The predicted octanol–water partition coefficient (Wildman–Crippen LogP) is 2.51. The van der Waals surface area contributed by atoms with Crippen molar-refractivity contribution in [2.75, 3.05) is 18.0 Å². The molecule has 0 saturated heterocycles. The Hall–Kier alpha value is -1.73. The van der Waals surface area contributed by atoms with Gasteiger partial charge in [-0.1, -0.05) is 24.6 Å². The Bertz CT molecular complexity index is 454. The maximum atomic E-state index is 10.8. The highest BCUT2D eigenvalue weighted by Crippen LogP contribution is 2.29. The molecule has 0 fully saturated rings. The summed E-state index contributed by atoms with van der Waals surface area (Å²) in [5, 5.41) is 18.3. The summed E-state index contributed by atoms with van der Waals surface area (Å²) in [6.07, 6.45) is 0.781. The minimum absolute atomic E-state index is 0.160. The maximum Gasteiger partial charge on any atom is 0.323 e. The van der Waals surface area contributed by atoms with Crippen LogP contribution in [0.15, 0.2) is 18.2 Å². The molecule has 0 spiro atoms. The molecule has 0 radical (unpaired) electrons. The van der Waals surface area contributed by atoms with Gasteiger partial charge >= 0.3 is 5.97 Å². The Balaban J connectivity index is 3.17. The minimum Gasteiger partial charge on any atom is -0.480 e. The van der Waals surface area contributed by atoms with E-state index in [0.29, 0.717) is 22.8 Å². The van der Waals surface area contributed by atoms with Gasteiger partial charge in [-0.3, -0.25) is 4.79 Å². The molecule has 5 heteroatoms. The van der Waals surface area contributed by atoms with E-state index in [0.717, 1.165) is 6.42 Å². The predicted molar refractivity (Wildman–Crippen MR) is 66.3 cm³/mol. The van der Waals surface area contributed by atoms with Crippen LogP contribution in [0.4, 0.5) is 5.69 Å². The van der Waals surface area contributed by atoms with Crippen LogP contribution in [0, 0.1) is 11.3 Å². The molecular formula is C12H13ClN2O2. The SMILES string of the molecule is CCCN(CC(=O)O)c1c(Cl)cccc1C#N. The molecule has 0 bridgehead atoms. The zero-order valence-corrected chi connectivity index (χ0v) is 10.2. The molecule has 1 rings (SSSR count). The van der Waals surface area contributed by atoms with Crippen LogP contribution < -0.4 is 4.90 Å². The molecule has 0 aliphatic rings. The number of carbonyl (C=O) groups is 1. The molecule has 1 N–H and O–H groups in total. The highest BCUT2D eigenvalue weighted by molar-refractivity contribution is 6.33. The first-order chi connectivity index (χ1) is 8.10. The molecule has 1 aromatic carbocycles. The van der Waals surface area contributed by atoms with E-state index in [2.05, 4.69) is 0 Å². The third kappa shape index (κ3) is 3.36. The zero-order valence-electron chi connectivity index (χ0n) is 9.48. The number of para-hydroxylation sites is 1. The molecule has 0 aromatic heterocycles. The van der Waals surface area contributed by atoms with Crippen LogP contribution in [-0.2, 0) is 4.79 Å². The van der Waals surface area contributed by atoms with Crippen molar-refractivity contribution < 1.29 is 9.90 Å². The van der Waals surface area contributed by atoms with Crippen LogP contribution in [0.1, 0.15) is 18.9 Å². The lowest BCUT2D eigenvalue weighted by Crippen LogP contribution is -2.31. The average molecular weight is 253 g/mol. The van der Waals surface area contributed by atoms with Crippen LogP contribution in [-0.4, -0.2) is 24.2 Å². The third-order valence-electron chi connectivity index (χ3n) is 2.24. The second-order valence-electron chi connectivity index (χ2n) is 3.56. The second kappa shape index (κ2) is 6.12. The highest BCUT2D eigenvalue weighted by Gasteiger charge is 2.16. The van der Waals surface area contributed by atoms with E-state index in [4.69, 9.17) is 22.0 Å². The summed E-state index contributed by atoms with van der Waals surface area (Å²) in [6.45, 7) is 2.33. The summed E-state index contributed by atoms with van der Waals surface area (Å²) in [7, 11) is 0. The van der Waals surface area contributed by atoms with Crippen molar-refractivity contribution in [2.24, 2.45) is 0 Å². The first-order valence-corrected chi connectivity index (χ1v) is 5.63. The van der Waals surface area contributed by atoms with Gasteiger partial charge in [0.05, 0.1) is 16.3 Å². The fraction of sp³-hybridized carbons (Fsp3) is 0.333. The number of benzene rings is 1. The molecule has 0 unspecified atom stereocenters. The molecule has 1 aromatic rings. The average Bonchev–Trinajstić information content (AvgIpc) is 2.27. The van der Waals surface area contributed by atoms with E-state index < -0.39 is 5.97 Å². The van der Waals surface area contributed by atoms with Gasteiger partial charge < -0.3 is 10.0 Å².